The van der Waals surface area contributed by atoms with Crippen LogP contribution in [0, 0.1) is 51.2 Å². The van der Waals surface area contributed by atoms with E-state index < -0.39 is 221 Å². The van der Waals surface area contributed by atoms with Crippen LogP contribution in [-0.4, -0.2) is 296 Å². The number of ether oxygens (including phenoxy) is 10. The molecule has 5 saturated heterocycles. The predicted molar refractivity (Wildman–Crippen MR) is 303 cm³/mol. The zero-order chi connectivity index (χ0) is 65.5. The van der Waals surface area contributed by atoms with Crippen molar-refractivity contribution >= 4 is 0 Å². The van der Waals surface area contributed by atoms with E-state index in [2.05, 4.69) is 47.6 Å². The maximum atomic E-state index is 12.8. The van der Waals surface area contributed by atoms with E-state index in [4.69, 9.17) is 47.4 Å². The van der Waals surface area contributed by atoms with Gasteiger partial charge in [0.25, 0.3) is 0 Å². The van der Waals surface area contributed by atoms with Crippen LogP contribution in [0.3, 0.4) is 0 Å². The molecule has 0 aromatic rings. The summed E-state index contributed by atoms with van der Waals surface area (Å²) in [6.45, 7) is 14.2. The molecule has 9 aliphatic rings. The van der Waals surface area contributed by atoms with Crippen molar-refractivity contribution in [2.75, 3.05) is 33.0 Å². The summed E-state index contributed by atoms with van der Waals surface area (Å²) in [5, 5.41) is 197. The van der Waals surface area contributed by atoms with Crippen molar-refractivity contribution in [3.05, 3.63) is 11.6 Å². The maximum Gasteiger partial charge on any atom is 0.187 e. The van der Waals surface area contributed by atoms with Gasteiger partial charge in [-0.25, -0.2) is 0 Å². The van der Waals surface area contributed by atoms with E-state index in [9.17, 15) is 91.9 Å². The number of aliphatic hydroxyl groups excluding tert-OH is 17. The van der Waals surface area contributed by atoms with E-state index in [1.54, 1.807) is 0 Å². The molecule has 35 atom stereocenters. The maximum absolute atomic E-state index is 12.8. The van der Waals surface area contributed by atoms with Gasteiger partial charge >= 0.3 is 0 Å². The fraction of sp³-hybridized carbons (Fsp3) is 0.967. The second-order valence-corrected chi connectivity index (χ2v) is 29.0. The molecule has 28 nitrogen and oxygen atoms in total. The third kappa shape index (κ3) is 13.0. The summed E-state index contributed by atoms with van der Waals surface area (Å²) in [6.07, 6.45) is -34.7. The van der Waals surface area contributed by atoms with Gasteiger partial charge < -0.3 is 139 Å². The third-order valence-corrected chi connectivity index (χ3v) is 23.3. The van der Waals surface area contributed by atoms with Crippen molar-refractivity contribution in [3.63, 3.8) is 0 Å². The summed E-state index contributed by atoms with van der Waals surface area (Å²) >= 11 is 0. The van der Waals surface area contributed by atoms with Crippen LogP contribution in [0.1, 0.15) is 114 Å². The molecule has 28 heteroatoms. The molecule has 5 aliphatic heterocycles. The molecule has 0 spiro atoms. The Morgan fingerprint density at radius 1 is 0.539 bits per heavy atom. The lowest BCUT2D eigenvalue weighted by Gasteiger charge is -2.67. The van der Waals surface area contributed by atoms with Gasteiger partial charge in [-0.2, -0.15) is 0 Å². The Hall–Kier alpha value is -1.38. The predicted octanol–water partition coefficient (Wildman–Crippen LogP) is -4.13. The van der Waals surface area contributed by atoms with Crippen molar-refractivity contribution in [2.24, 2.45) is 51.2 Å². The lowest BCUT2D eigenvalue weighted by Crippen LogP contribution is -2.67. The normalized spacial score (nSPS) is 51.8. The standard InChI is InChI=1S/C61H104O28/c1-24(26-16-17-59(7)34-13-11-27-28(61(34,9)35(66)18-60(26,59)8)12-15-36(57(27,3)4)86-53-47(76)43(72)40(69)30(20-63)82-53)10-14-37(58(5,6)79)87-56-51(45(74)42(71)33(85-56)23-80-52-39(68)25(2)38(67)29(19-62)81-52)89-55-49(78)46(75)50(32(22-65)84-55)88-54-48(77)44(73)41(70)31(21-64)83-54/h11,24-26,28-56,62-79H,10,12-23H2,1-9H3/t24-,25+,26?,28?,29-,30-,31-,32+,33-,34?,35-,36+,37-,38+,39-,40-,41-,42-,43+,44+,45+,46+,47-,48-,49+,50+,51-,52+,53+,54-,55-,56+,59+,60-,61+/m1/s1. The van der Waals surface area contributed by atoms with Gasteiger partial charge in [0.15, 0.2) is 31.5 Å². The molecule has 18 N–H and O–H groups in total. The third-order valence-electron chi connectivity index (χ3n) is 23.3. The Morgan fingerprint density at radius 2 is 1.03 bits per heavy atom. The van der Waals surface area contributed by atoms with E-state index in [0.717, 1.165) is 18.4 Å². The minimum Gasteiger partial charge on any atom is -0.394 e. The van der Waals surface area contributed by atoms with Crippen molar-refractivity contribution in [3.8, 4) is 0 Å². The van der Waals surface area contributed by atoms with Crippen molar-refractivity contribution in [1.82, 2.24) is 0 Å². The van der Waals surface area contributed by atoms with E-state index >= 15 is 0 Å². The first-order valence-electron chi connectivity index (χ1n) is 31.9. The fourth-order valence-corrected chi connectivity index (χ4v) is 17.3. The minimum absolute atomic E-state index is 0.0160. The van der Waals surface area contributed by atoms with Crippen LogP contribution in [0.2, 0.25) is 0 Å². The average Bonchev–Trinajstić information content (AvgIpc) is 1.66. The van der Waals surface area contributed by atoms with E-state index in [0.29, 0.717) is 32.1 Å². The topological polar surface area (TPSA) is 456 Å². The smallest absolute Gasteiger partial charge is 0.187 e. The highest BCUT2D eigenvalue weighted by Gasteiger charge is 2.70. The summed E-state index contributed by atoms with van der Waals surface area (Å²) in [5.41, 5.74) is -2.25. The molecule has 0 bridgehead atoms. The van der Waals surface area contributed by atoms with Crippen molar-refractivity contribution in [2.45, 2.75) is 285 Å². The van der Waals surface area contributed by atoms with Gasteiger partial charge in [0.2, 0.25) is 0 Å². The highest BCUT2D eigenvalue weighted by molar-refractivity contribution is 5.32. The van der Waals surface area contributed by atoms with Crippen molar-refractivity contribution in [1.29, 1.82) is 0 Å². The molecule has 4 aliphatic carbocycles. The zero-order valence-electron chi connectivity index (χ0n) is 52.4. The van der Waals surface area contributed by atoms with Crippen LogP contribution in [0.15, 0.2) is 11.6 Å². The lowest BCUT2D eigenvalue weighted by molar-refractivity contribution is -0.391. The monoisotopic (exact) mass is 1280 g/mol. The SMILES string of the molecule is C[C@@H]1[C@@H](O)[C@@H](OC[C@H]2O[C@@H](O[C@H](CC[C@@H](C)C3CC[C@@]4(C)C5CC=C6C(CC[C@H](O[C@@H]7O[C@H](CO)[C@@H](O)[C@H](O)[C@H]7O)C6(C)C)[C@]5(C)[C@H](O)C[C@]34C)C(C)(C)O)[C@H](O[C@H]3O[C@@H](CO)[C@H](O[C@H]4O[C@H](CO)[C@@H](O)[C@H](O)[C@H]4O)[C@@H](O)[C@@H]3O)[C@@H](O)[C@@H]2O)O[C@H](CO)[C@H]1O. The summed E-state index contributed by atoms with van der Waals surface area (Å²) < 4.78 is 60.1. The molecule has 89 heavy (non-hydrogen) atoms. The van der Waals surface area contributed by atoms with E-state index in [1.807, 2.05) is 0 Å². The molecule has 0 radical (unpaired) electrons. The number of allylic oxidation sites excluding steroid dienone is 1. The Balaban J connectivity index is 0.920. The second-order valence-electron chi connectivity index (χ2n) is 29.0. The molecule has 0 aromatic heterocycles. The molecule has 5 heterocycles. The van der Waals surface area contributed by atoms with Crippen LogP contribution in [0.25, 0.3) is 0 Å². The van der Waals surface area contributed by atoms with Gasteiger partial charge in [-0.3, -0.25) is 0 Å². The first-order valence-corrected chi connectivity index (χ1v) is 31.9. The quantitative estimate of drug-likeness (QED) is 0.0515. The Labute approximate surface area is 518 Å². The molecule has 3 unspecified atom stereocenters. The second kappa shape index (κ2) is 27.6. The van der Waals surface area contributed by atoms with Crippen LogP contribution >= 0.6 is 0 Å². The molecule has 516 valence electrons. The molecule has 0 amide bonds. The number of hydrogen-bond acceptors (Lipinski definition) is 28. The van der Waals surface area contributed by atoms with Gasteiger partial charge in [0.1, 0.15) is 110 Å². The van der Waals surface area contributed by atoms with Gasteiger partial charge in [0, 0.05) is 16.7 Å². The highest BCUT2D eigenvalue weighted by Crippen LogP contribution is 2.75. The molecule has 8 fully saturated rings. The first kappa shape index (κ1) is 71.9. The van der Waals surface area contributed by atoms with Crippen LogP contribution < -0.4 is 0 Å². The number of hydrogen-bond donors (Lipinski definition) is 18. The largest absolute Gasteiger partial charge is 0.394 e. The van der Waals surface area contributed by atoms with E-state index in [-0.39, 0.29) is 40.9 Å². The zero-order valence-corrected chi connectivity index (χ0v) is 52.4. The fourth-order valence-electron chi connectivity index (χ4n) is 17.3. The summed E-state index contributed by atoms with van der Waals surface area (Å²) in [4.78, 5) is 0. The van der Waals surface area contributed by atoms with E-state index in [1.165, 1.54) is 20.8 Å². The van der Waals surface area contributed by atoms with Crippen LogP contribution in [0.4, 0.5) is 0 Å². The first-order chi connectivity index (χ1) is 41.7. The van der Waals surface area contributed by atoms with Crippen LogP contribution in [0.5, 0.6) is 0 Å². The molecular weight excluding hydrogens is 1180 g/mol. The molecular formula is C61H104O28. The molecule has 3 saturated carbocycles. The lowest BCUT2D eigenvalue weighted by atomic mass is 9.38. The van der Waals surface area contributed by atoms with Gasteiger partial charge in [-0.1, -0.05) is 60.1 Å². The number of aliphatic hydroxyl groups is 18. The molecule has 9 rings (SSSR count). The minimum atomic E-state index is -2.10. The summed E-state index contributed by atoms with van der Waals surface area (Å²) in [6, 6.07) is 0. The highest BCUT2D eigenvalue weighted by atomic mass is 16.8. The summed E-state index contributed by atoms with van der Waals surface area (Å²) in [7, 11) is 0. The summed E-state index contributed by atoms with van der Waals surface area (Å²) in [5.74, 6) is -0.733. The van der Waals surface area contributed by atoms with Crippen molar-refractivity contribution < 1.29 is 139 Å². The van der Waals surface area contributed by atoms with Crippen LogP contribution in [-0.2, 0) is 47.4 Å². The van der Waals surface area contributed by atoms with Gasteiger partial charge in [-0.05, 0) is 99.7 Å². The Bertz CT molecular complexity index is 2340. The average molecular weight is 1290 g/mol. The van der Waals surface area contributed by atoms with Gasteiger partial charge in [0.05, 0.1) is 63.1 Å². The Morgan fingerprint density at radius 3 is 1.61 bits per heavy atom. The van der Waals surface area contributed by atoms with Gasteiger partial charge in [-0.15, -0.1) is 0 Å². The Kier molecular flexibility index (Phi) is 22.3. The number of fused-ring (bicyclic) bond motifs is 5. The number of rotatable bonds is 20. The molecule has 0 aromatic carbocycles.